The van der Waals surface area contributed by atoms with Crippen molar-refractivity contribution in [2.45, 2.75) is 38.7 Å². The molecule has 0 aromatic heterocycles. The van der Waals surface area contributed by atoms with Gasteiger partial charge < -0.3 is 24.8 Å². The predicted molar refractivity (Wildman–Crippen MR) is 119 cm³/mol. The average molecular weight is 489 g/mol. The summed E-state index contributed by atoms with van der Waals surface area (Å²) in [7, 11) is 1.77. The second-order valence-electron chi connectivity index (χ2n) is 7.17. The maximum absolute atomic E-state index is 6.00. The second-order valence-corrected chi connectivity index (χ2v) is 7.17. The summed E-state index contributed by atoms with van der Waals surface area (Å²) in [6.07, 6.45) is 4.85. The third-order valence-corrected chi connectivity index (χ3v) is 5.23. The molecular weight excluding hydrogens is 457 g/mol. The standard InChI is InChI=1S/C20H31N3O3.HI/c1-3-21-19(23-15-20(9-6-10-20)11-12-24-2)22-13-16-14-25-17-7-4-5-8-18(17)26-16;/h4-5,7-8,16H,3,6,9-15H2,1-2H3,(H2,21,22,23);1H. The van der Waals surface area contributed by atoms with Gasteiger partial charge in [0.25, 0.3) is 0 Å². The molecule has 0 spiro atoms. The van der Waals surface area contributed by atoms with Crippen LogP contribution in [0.3, 0.4) is 0 Å². The molecule has 2 aliphatic rings. The van der Waals surface area contributed by atoms with Gasteiger partial charge in [0.05, 0.1) is 6.54 Å². The number of benzene rings is 1. The summed E-state index contributed by atoms with van der Waals surface area (Å²) in [4.78, 5) is 4.83. The van der Waals surface area contributed by atoms with Crippen LogP contribution < -0.4 is 20.1 Å². The van der Waals surface area contributed by atoms with Crippen LogP contribution in [0.15, 0.2) is 29.3 Å². The maximum atomic E-state index is 6.00. The van der Waals surface area contributed by atoms with E-state index in [1.54, 1.807) is 7.11 Å². The number of aliphatic imine (C=N–C) groups is 1. The lowest BCUT2D eigenvalue weighted by atomic mass is 9.67. The van der Waals surface area contributed by atoms with Crippen LogP contribution in [0.4, 0.5) is 0 Å². The van der Waals surface area contributed by atoms with Crippen LogP contribution in [0.25, 0.3) is 0 Å². The molecule has 1 fully saturated rings. The van der Waals surface area contributed by atoms with Crippen molar-refractivity contribution in [3.05, 3.63) is 24.3 Å². The molecular formula is C20H32IN3O3. The van der Waals surface area contributed by atoms with Gasteiger partial charge in [-0.1, -0.05) is 18.6 Å². The number of nitrogens with one attached hydrogen (secondary N) is 2. The normalized spacial score (nSPS) is 20.2. The van der Waals surface area contributed by atoms with Crippen LogP contribution in [0.5, 0.6) is 11.5 Å². The number of hydrogen-bond acceptors (Lipinski definition) is 4. The summed E-state index contributed by atoms with van der Waals surface area (Å²) in [6.45, 7) is 5.77. The van der Waals surface area contributed by atoms with E-state index in [2.05, 4.69) is 17.6 Å². The third kappa shape index (κ3) is 6.14. The fourth-order valence-corrected chi connectivity index (χ4v) is 3.45. The Morgan fingerprint density at radius 1 is 1.26 bits per heavy atom. The number of guanidine groups is 1. The molecule has 1 aliphatic carbocycles. The van der Waals surface area contributed by atoms with E-state index in [4.69, 9.17) is 19.2 Å². The molecule has 3 rings (SSSR count). The summed E-state index contributed by atoms with van der Waals surface area (Å²) in [6, 6.07) is 7.79. The molecule has 0 bridgehead atoms. The van der Waals surface area contributed by atoms with Gasteiger partial charge in [-0.05, 0) is 43.7 Å². The molecule has 0 amide bonds. The zero-order valence-corrected chi connectivity index (χ0v) is 18.7. The van der Waals surface area contributed by atoms with Crippen molar-refractivity contribution in [1.29, 1.82) is 0 Å². The molecule has 1 atom stereocenters. The van der Waals surface area contributed by atoms with Crippen molar-refractivity contribution in [2.75, 3.05) is 40.0 Å². The molecule has 1 aliphatic heterocycles. The monoisotopic (exact) mass is 489 g/mol. The van der Waals surface area contributed by atoms with Crippen LogP contribution >= 0.6 is 24.0 Å². The summed E-state index contributed by atoms with van der Waals surface area (Å²) in [5, 5.41) is 6.73. The summed E-state index contributed by atoms with van der Waals surface area (Å²) < 4.78 is 17.1. The van der Waals surface area contributed by atoms with E-state index in [1.165, 1.54) is 19.3 Å². The third-order valence-electron chi connectivity index (χ3n) is 5.23. The first-order valence-corrected chi connectivity index (χ1v) is 9.64. The molecule has 7 heteroatoms. The number of nitrogens with zero attached hydrogens (tertiary/aromatic N) is 1. The average Bonchev–Trinajstić information content (AvgIpc) is 2.64. The quantitative estimate of drug-likeness (QED) is 0.334. The molecule has 27 heavy (non-hydrogen) atoms. The van der Waals surface area contributed by atoms with Gasteiger partial charge in [-0.25, -0.2) is 0 Å². The highest BCUT2D eigenvalue weighted by molar-refractivity contribution is 14.0. The largest absolute Gasteiger partial charge is 0.486 e. The highest BCUT2D eigenvalue weighted by Crippen LogP contribution is 2.44. The molecule has 1 heterocycles. The van der Waals surface area contributed by atoms with E-state index >= 15 is 0 Å². The smallest absolute Gasteiger partial charge is 0.191 e. The van der Waals surface area contributed by atoms with Gasteiger partial charge in [-0.2, -0.15) is 0 Å². The zero-order chi connectivity index (χ0) is 18.2. The van der Waals surface area contributed by atoms with Crippen molar-refractivity contribution in [2.24, 2.45) is 10.4 Å². The number of ether oxygens (including phenoxy) is 3. The number of methoxy groups -OCH3 is 1. The Kier molecular flexibility index (Phi) is 8.95. The van der Waals surface area contributed by atoms with Crippen LogP contribution in [-0.4, -0.2) is 52.0 Å². The summed E-state index contributed by atoms with van der Waals surface area (Å²) in [5.41, 5.74) is 0.321. The van der Waals surface area contributed by atoms with Crippen LogP contribution in [0.1, 0.15) is 32.6 Å². The Morgan fingerprint density at radius 2 is 2.04 bits per heavy atom. The number of fused-ring (bicyclic) bond motifs is 1. The Hall–Kier alpha value is -1.22. The fourth-order valence-electron chi connectivity index (χ4n) is 3.45. The van der Waals surface area contributed by atoms with E-state index in [0.29, 0.717) is 18.6 Å². The minimum Gasteiger partial charge on any atom is -0.486 e. The van der Waals surface area contributed by atoms with Gasteiger partial charge in [0.15, 0.2) is 17.5 Å². The fraction of sp³-hybridized carbons (Fsp3) is 0.650. The van der Waals surface area contributed by atoms with E-state index < -0.39 is 0 Å². The minimum atomic E-state index is -0.0279. The number of hydrogen-bond donors (Lipinski definition) is 2. The number of halogens is 1. The molecule has 1 unspecified atom stereocenters. The first kappa shape index (κ1) is 22.1. The van der Waals surface area contributed by atoms with Gasteiger partial charge in [-0.15, -0.1) is 24.0 Å². The van der Waals surface area contributed by atoms with Crippen LogP contribution in [0, 0.1) is 5.41 Å². The van der Waals surface area contributed by atoms with E-state index in [9.17, 15) is 0 Å². The Morgan fingerprint density at radius 3 is 2.70 bits per heavy atom. The van der Waals surface area contributed by atoms with E-state index in [-0.39, 0.29) is 30.1 Å². The van der Waals surface area contributed by atoms with E-state index in [1.807, 2.05) is 24.3 Å². The van der Waals surface area contributed by atoms with Crippen molar-refractivity contribution in [3.8, 4) is 11.5 Å². The molecule has 1 aromatic rings. The lowest BCUT2D eigenvalue weighted by molar-refractivity contribution is 0.0777. The Bertz CT molecular complexity index is 608. The molecule has 1 aromatic carbocycles. The van der Waals surface area contributed by atoms with Gasteiger partial charge in [0, 0.05) is 26.8 Å². The van der Waals surface area contributed by atoms with Crippen molar-refractivity contribution in [1.82, 2.24) is 10.6 Å². The number of rotatable bonds is 8. The minimum absolute atomic E-state index is 0. The molecule has 6 nitrogen and oxygen atoms in total. The molecule has 2 N–H and O–H groups in total. The first-order valence-electron chi connectivity index (χ1n) is 9.64. The lowest BCUT2D eigenvalue weighted by Gasteiger charge is -2.40. The van der Waals surface area contributed by atoms with Crippen LogP contribution in [-0.2, 0) is 4.74 Å². The maximum Gasteiger partial charge on any atom is 0.191 e. The highest BCUT2D eigenvalue weighted by Gasteiger charge is 2.36. The second kappa shape index (κ2) is 10.9. The van der Waals surface area contributed by atoms with Crippen molar-refractivity contribution >= 4 is 29.9 Å². The SMILES string of the molecule is CCNC(=NCC1(CCOC)CCC1)NCC1COc2ccccc2O1.I. The van der Waals surface area contributed by atoms with Crippen molar-refractivity contribution in [3.63, 3.8) is 0 Å². The van der Waals surface area contributed by atoms with Crippen molar-refractivity contribution < 1.29 is 14.2 Å². The molecule has 1 saturated carbocycles. The highest BCUT2D eigenvalue weighted by atomic mass is 127. The molecule has 152 valence electrons. The first-order chi connectivity index (χ1) is 12.7. The lowest BCUT2D eigenvalue weighted by Crippen LogP contribution is -2.46. The van der Waals surface area contributed by atoms with Gasteiger partial charge in [-0.3, -0.25) is 4.99 Å². The topological polar surface area (TPSA) is 64.1 Å². The van der Waals surface area contributed by atoms with Gasteiger partial charge in [0.1, 0.15) is 12.7 Å². The Labute approximate surface area is 179 Å². The number of para-hydroxylation sites is 2. The predicted octanol–water partition coefficient (Wildman–Crippen LogP) is 3.21. The van der Waals surface area contributed by atoms with Crippen LogP contribution in [0.2, 0.25) is 0 Å². The summed E-state index contributed by atoms with van der Waals surface area (Å²) in [5.74, 6) is 2.47. The van der Waals surface area contributed by atoms with E-state index in [0.717, 1.165) is 43.6 Å². The molecule has 0 radical (unpaired) electrons. The van der Waals surface area contributed by atoms with Gasteiger partial charge >= 0.3 is 0 Å². The Balaban J connectivity index is 0.00000261. The zero-order valence-electron chi connectivity index (χ0n) is 16.3. The summed E-state index contributed by atoms with van der Waals surface area (Å²) >= 11 is 0. The van der Waals surface area contributed by atoms with Gasteiger partial charge in [0.2, 0.25) is 0 Å². The molecule has 0 saturated heterocycles.